The summed E-state index contributed by atoms with van der Waals surface area (Å²) in [7, 11) is 0. The molecule has 0 atom stereocenters. The third-order valence-electron chi connectivity index (χ3n) is 1.70. The average Bonchev–Trinajstić information content (AvgIpc) is 2.17. The first-order valence-electron chi connectivity index (χ1n) is 4.76. The second kappa shape index (κ2) is 10.9. The summed E-state index contributed by atoms with van der Waals surface area (Å²) in [5.41, 5.74) is 3.66. The molecule has 0 N–H and O–H groups in total. The molecule has 0 amide bonds. The molecule has 0 aliphatic rings. The number of pyridine rings is 2. The first-order chi connectivity index (χ1) is 7.58. The van der Waals surface area contributed by atoms with Crippen LogP contribution in [-0.4, -0.2) is 9.97 Å². The zero-order valence-electron chi connectivity index (χ0n) is 10.3. The minimum Gasteiger partial charge on any atom is -0.392 e. The SMILES string of the molecule is [CH2-]c1cncc([CH2-])c1.[CH2-]c1cncc([CH2-])c1.[Y].[Y]. The van der Waals surface area contributed by atoms with E-state index in [0.29, 0.717) is 0 Å². The summed E-state index contributed by atoms with van der Waals surface area (Å²) in [6.45, 7) is 14.7. The summed E-state index contributed by atoms with van der Waals surface area (Å²) in [5.74, 6) is 0. The van der Waals surface area contributed by atoms with Crippen molar-refractivity contribution in [2.75, 3.05) is 0 Å². The second-order valence-corrected chi connectivity index (χ2v) is 3.40. The standard InChI is InChI=1S/2C7H7N.2Y/c2*1-6-3-7(2)5-8-4-6;;/h2*3-5H,1-2H2;;/q2*-2;;. The predicted molar refractivity (Wildman–Crippen MR) is 66.3 cm³/mol. The van der Waals surface area contributed by atoms with Gasteiger partial charge in [0.05, 0.1) is 0 Å². The van der Waals surface area contributed by atoms with Crippen molar-refractivity contribution < 1.29 is 65.4 Å². The molecule has 2 radical (unpaired) electrons. The fourth-order valence-corrected chi connectivity index (χ4v) is 1.08. The first-order valence-corrected chi connectivity index (χ1v) is 4.76. The quantitative estimate of drug-likeness (QED) is 0.649. The van der Waals surface area contributed by atoms with E-state index in [9.17, 15) is 0 Å². The molecular weight excluding hydrogens is 374 g/mol. The molecule has 0 fully saturated rings. The van der Waals surface area contributed by atoms with Crippen LogP contribution in [0, 0.1) is 27.7 Å². The molecule has 2 nitrogen and oxygen atoms in total. The van der Waals surface area contributed by atoms with E-state index < -0.39 is 0 Å². The van der Waals surface area contributed by atoms with Gasteiger partial charge in [-0.25, -0.2) is 0 Å². The van der Waals surface area contributed by atoms with Crippen LogP contribution in [0.15, 0.2) is 36.9 Å². The third kappa shape index (κ3) is 8.99. The van der Waals surface area contributed by atoms with Crippen LogP contribution in [0.25, 0.3) is 0 Å². The van der Waals surface area contributed by atoms with E-state index in [1.807, 2.05) is 12.1 Å². The Morgan fingerprint density at radius 1 is 0.556 bits per heavy atom. The summed E-state index contributed by atoms with van der Waals surface area (Å²) >= 11 is 0. The Balaban J connectivity index is 0. The van der Waals surface area contributed by atoms with Gasteiger partial charge in [-0.2, -0.15) is 62.1 Å². The largest absolute Gasteiger partial charge is 0.392 e. The molecule has 4 heteroatoms. The van der Waals surface area contributed by atoms with Gasteiger partial charge in [-0.3, -0.25) is 0 Å². The van der Waals surface area contributed by atoms with Crippen LogP contribution < -0.4 is 0 Å². The van der Waals surface area contributed by atoms with E-state index >= 15 is 0 Å². The zero-order valence-corrected chi connectivity index (χ0v) is 16.0. The molecule has 2 aromatic heterocycles. The van der Waals surface area contributed by atoms with Gasteiger partial charge in [-0.15, -0.1) is 0 Å². The normalized spacial score (nSPS) is 8.00. The number of aromatic nitrogens is 2. The van der Waals surface area contributed by atoms with Gasteiger partial charge in [-0.05, 0) is 0 Å². The topological polar surface area (TPSA) is 25.8 Å². The molecule has 18 heavy (non-hydrogen) atoms. The van der Waals surface area contributed by atoms with Crippen molar-refractivity contribution in [3.8, 4) is 0 Å². The van der Waals surface area contributed by atoms with Crippen LogP contribution in [0.3, 0.4) is 0 Å². The molecule has 2 rings (SSSR count). The molecule has 0 aliphatic carbocycles. The Morgan fingerprint density at radius 3 is 0.889 bits per heavy atom. The maximum atomic E-state index is 3.86. The van der Waals surface area contributed by atoms with Gasteiger partial charge in [-0.1, -0.05) is 24.8 Å². The molecule has 0 saturated carbocycles. The van der Waals surface area contributed by atoms with Crippen molar-refractivity contribution in [3.05, 3.63) is 86.9 Å². The van der Waals surface area contributed by atoms with E-state index in [1.54, 1.807) is 24.8 Å². The second-order valence-electron chi connectivity index (χ2n) is 3.40. The number of hydrogen-bond donors (Lipinski definition) is 0. The minimum absolute atomic E-state index is 0. The van der Waals surface area contributed by atoms with Crippen LogP contribution in [0.4, 0.5) is 0 Å². The van der Waals surface area contributed by atoms with Crippen molar-refractivity contribution in [1.29, 1.82) is 0 Å². The fraction of sp³-hybridized carbons (Fsp3) is 0. The minimum atomic E-state index is 0. The van der Waals surface area contributed by atoms with E-state index in [2.05, 4.69) is 37.7 Å². The average molecular weight is 388 g/mol. The fourth-order valence-electron chi connectivity index (χ4n) is 1.08. The number of nitrogens with zero attached hydrogens (tertiary/aromatic N) is 2. The first kappa shape index (κ1) is 20.3. The van der Waals surface area contributed by atoms with Gasteiger partial charge in [0, 0.05) is 65.4 Å². The molecule has 2 aromatic rings. The smallest absolute Gasteiger partial charge is 0 e. The van der Waals surface area contributed by atoms with Crippen molar-refractivity contribution >= 4 is 0 Å². The predicted octanol–water partition coefficient (Wildman–Crippen LogP) is 2.89. The molecular formula is C14H14N2Y2-4. The van der Waals surface area contributed by atoms with Crippen LogP contribution in [0.2, 0.25) is 0 Å². The van der Waals surface area contributed by atoms with E-state index in [1.165, 1.54) is 0 Å². The zero-order chi connectivity index (χ0) is 12.0. The Morgan fingerprint density at radius 2 is 0.778 bits per heavy atom. The number of rotatable bonds is 0. The maximum absolute atomic E-state index is 3.86. The van der Waals surface area contributed by atoms with E-state index in [0.717, 1.165) is 22.3 Å². The summed E-state index contributed by atoms with van der Waals surface area (Å²) in [6.07, 6.45) is 6.81. The molecule has 0 aromatic carbocycles. The third-order valence-corrected chi connectivity index (χ3v) is 1.70. The van der Waals surface area contributed by atoms with Crippen molar-refractivity contribution in [1.82, 2.24) is 9.97 Å². The molecule has 0 saturated heterocycles. The Bertz CT molecular complexity index is 381. The monoisotopic (exact) mass is 388 g/mol. The van der Waals surface area contributed by atoms with E-state index in [4.69, 9.17) is 0 Å². The molecule has 0 spiro atoms. The molecule has 0 bridgehead atoms. The summed E-state index contributed by atoms with van der Waals surface area (Å²) in [5, 5.41) is 0. The van der Waals surface area contributed by atoms with Gasteiger partial charge < -0.3 is 9.97 Å². The van der Waals surface area contributed by atoms with Gasteiger partial charge in [0.2, 0.25) is 0 Å². The van der Waals surface area contributed by atoms with Crippen molar-refractivity contribution in [2.45, 2.75) is 0 Å². The van der Waals surface area contributed by atoms with Gasteiger partial charge in [0.15, 0.2) is 0 Å². The summed E-state index contributed by atoms with van der Waals surface area (Å²) in [4.78, 5) is 7.72. The Hall–Kier alpha value is -0.0122. The molecule has 0 aliphatic heterocycles. The van der Waals surface area contributed by atoms with Crippen molar-refractivity contribution in [2.24, 2.45) is 0 Å². The van der Waals surface area contributed by atoms with Crippen molar-refractivity contribution in [3.63, 3.8) is 0 Å². The van der Waals surface area contributed by atoms with E-state index in [-0.39, 0.29) is 65.4 Å². The Labute approximate surface area is 160 Å². The molecule has 0 unspecified atom stereocenters. The molecule has 2 heterocycles. The molecule has 90 valence electrons. The summed E-state index contributed by atoms with van der Waals surface area (Å²) in [6, 6.07) is 3.76. The van der Waals surface area contributed by atoms with Gasteiger partial charge >= 0.3 is 0 Å². The van der Waals surface area contributed by atoms with Crippen LogP contribution >= 0.6 is 0 Å². The summed E-state index contributed by atoms with van der Waals surface area (Å²) < 4.78 is 0. The van der Waals surface area contributed by atoms with Crippen LogP contribution in [0.5, 0.6) is 0 Å². The number of hydrogen-bond acceptors (Lipinski definition) is 2. The van der Waals surface area contributed by atoms with Gasteiger partial charge in [0.25, 0.3) is 0 Å². The maximum Gasteiger partial charge on any atom is 0 e. The van der Waals surface area contributed by atoms with Crippen LogP contribution in [-0.2, 0) is 65.4 Å². The Kier molecular flexibility index (Phi) is 12.3. The van der Waals surface area contributed by atoms with Crippen LogP contribution in [0.1, 0.15) is 22.3 Å². The van der Waals surface area contributed by atoms with Gasteiger partial charge in [0.1, 0.15) is 0 Å².